The second kappa shape index (κ2) is 7.14. The van der Waals surface area contributed by atoms with Crippen LogP contribution in [-0.4, -0.2) is 45.3 Å². The molecule has 0 amide bonds. The van der Waals surface area contributed by atoms with E-state index >= 15 is 0 Å². The number of aryl methyl sites for hydroxylation is 1. The van der Waals surface area contributed by atoms with Gasteiger partial charge in [0, 0.05) is 24.5 Å². The molecule has 1 aromatic rings. The van der Waals surface area contributed by atoms with Crippen LogP contribution in [0.2, 0.25) is 0 Å². The smallest absolute Gasteiger partial charge is 0.0639 e. The maximum Gasteiger partial charge on any atom is 0.0639 e. The molecular weight excluding hydrogens is 214 g/mol. The molecule has 0 fully saturated rings. The highest BCUT2D eigenvalue weighted by Gasteiger charge is 1.96. The van der Waals surface area contributed by atoms with Crippen molar-refractivity contribution >= 4 is 11.4 Å². The van der Waals surface area contributed by atoms with Crippen molar-refractivity contribution in [3.63, 3.8) is 0 Å². The minimum absolute atomic E-state index is 0.710. The van der Waals surface area contributed by atoms with Crippen molar-refractivity contribution in [2.24, 2.45) is 0 Å². The van der Waals surface area contributed by atoms with Gasteiger partial charge in [0.15, 0.2) is 0 Å². The van der Waals surface area contributed by atoms with Gasteiger partial charge in [0.1, 0.15) is 0 Å². The molecule has 0 saturated heterocycles. The fraction of sp³-hybridized carbons (Fsp3) is 0.538. The number of nitrogens with zero attached hydrogens (tertiary/aromatic N) is 1. The lowest BCUT2D eigenvalue weighted by molar-refractivity contribution is 0.126. The van der Waals surface area contributed by atoms with E-state index in [-0.39, 0.29) is 0 Å². The number of nitrogens with two attached hydrogens (primary N) is 1. The number of benzene rings is 1. The summed E-state index contributed by atoms with van der Waals surface area (Å²) in [6.07, 6.45) is 0. The summed E-state index contributed by atoms with van der Waals surface area (Å²) in [5.41, 5.74) is 8.81. The summed E-state index contributed by atoms with van der Waals surface area (Å²) in [7, 11) is 4.08. The van der Waals surface area contributed by atoms with Crippen LogP contribution in [0.1, 0.15) is 5.56 Å². The molecule has 4 heteroatoms. The van der Waals surface area contributed by atoms with Gasteiger partial charge in [0.05, 0.1) is 13.2 Å². The molecule has 0 aliphatic heterocycles. The minimum Gasteiger partial charge on any atom is -0.398 e. The van der Waals surface area contributed by atoms with E-state index in [4.69, 9.17) is 10.5 Å². The molecule has 0 spiro atoms. The number of anilines is 2. The molecule has 0 heterocycles. The molecule has 0 aliphatic carbocycles. The van der Waals surface area contributed by atoms with E-state index in [1.54, 1.807) is 0 Å². The second-order valence-electron chi connectivity index (χ2n) is 4.41. The normalized spacial score (nSPS) is 10.8. The number of nitrogen functional groups attached to an aromatic ring is 1. The van der Waals surface area contributed by atoms with E-state index in [9.17, 15) is 0 Å². The van der Waals surface area contributed by atoms with Gasteiger partial charge in [-0.1, -0.05) is 6.07 Å². The Morgan fingerprint density at radius 3 is 2.71 bits per heavy atom. The zero-order chi connectivity index (χ0) is 12.7. The number of hydrogen-bond acceptors (Lipinski definition) is 4. The Bertz CT molecular complexity index is 339. The Kier molecular flexibility index (Phi) is 5.80. The first kappa shape index (κ1) is 13.8. The van der Waals surface area contributed by atoms with Gasteiger partial charge >= 0.3 is 0 Å². The topological polar surface area (TPSA) is 50.5 Å². The van der Waals surface area contributed by atoms with Crippen LogP contribution >= 0.6 is 0 Å². The SMILES string of the molecule is Cc1ccc(NCCOCCN(C)C)cc1N. The molecule has 0 bridgehead atoms. The molecule has 0 radical (unpaired) electrons. The lowest BCUT2D eigenvalue weighted by Gasteiger charge is -2.11. The average Bonchev–Trinajstić information content (AvgIpc) is 2.27. The predicted molar refractivity (Wildman–Crippen MR) is 73.5 cm³/mol. The number of likely N-dealkylation sites (N-methyl/N-ethyl adjacent to an activating group) is 1. The molecule has 1 rings (SSSR count). The fourth-order valence-corrected chi connectivity index (χ4v) is 1.37. The molecule has 0 aliphatic rings. The Hall–Kier alpha value is -1.26. The van der Waals surface area contributed by atoms with Crippen LogP contribution < -0.4 is 11.1 Å². The zero-order valence-electron chi connectivity index (χ0n) is 11.0. The van der Waals surface area contributed by atoms with Crippen molar-refractivity contribution in [3.8, 4) is 0 Å². The van der Waals surface area contributed by atoms with Crippen molar-refractivity contribution < 1.29 is 4.74 Å². The average molecular weight is 237 g/mol. The summed E-state index contributed by atoms with van der Waals surface area (Å²) < 4.78 is 5.48. The van der Waals surface area contributed by atoms with Gasteiger partial charge in [0.2, 0.25) is 0 Å². The quantitative estimate of drug-likeness (QED) is 0.558. The molecule has 0 saturated carbocycles. The van der Waals surface area contributed by atoms with Crippen molar-refractivity contribution in [3.05, 3.63) is 23.8 Å². The first-order chi connectivity index (χ1) is 8.09. The zero-order valence-corrected chi connectivity index (χ0v) is 11.0. The molecule has 3 N–H and O–H groups in total. The van der Waals surface area contributed by atoms with Crippen molar-refractivity contribution in [2.75, 3.05) is 51.4 Å². The molecule has 96 valence electrons. The number of hydrogen-bond donors (Lipinski definition) is 2. The summed E-state index contributed by atoms with van der Waals surface area (Å²) in [4.78, 5) is 2.11. The Morgan fingerprint density at radius 1 is 1.29 bits per heavy atom. The van der Waals surface area contributed by atoms with Gasteiger partial charge in [-0.3, -0.25) is 0 Å². The van der Waals surface area contributed by atoms with Crippen LogP contribution in [0, 0.1) is 6.92 Å². The lowest BCUT2D eigenvalue weighted by Crippen LogP contribution is -2.20. The van der Waals surface area contributed by atoms with E-state index in [0.717, 1.165) is 36.6 Å². The number of rotatable bonds is 7. The maximum atomic E-state index is 5.83. The molecule has 0 atom stereocenters. The standard InChI is InChI=1S/C13H23N3O/c1-11-4-5-12(10-13(11)14)15-6-8-17-9-7-16(2)3/h4-5,10,15H,6-9,14H2,1-3H3. The predicted octanol–water partition coefficient (Wildman–Crippen LogP) is 1.57. The third-order valence-electron chi connectivity index (χ3n) is 2.54. The first-order valence-corrected chi connectivity index (χ1v) is 5.92. The first-order valence-electron chi connectivity index (χ1n) is 5.92. The van der Waals surface area contributed by atoms with Crippen molar-refractivity contribution in [1.82, 2.24) is 4.90 Å². The largest absolute Gasteiger partial charge is 0.398 e. The summed E-state index contributed by atoms with van der Waals surface area (Å²) in [6.45, 7) is 5.24. The maximum absolute atomic E-state index is 5.83. The monoisotopic (exact) mass is 237 g/mol. The molecule has 1 aromatic carbocycles. The van der Waals surface area contributed by atoms with E-state index < -0.39 is 0 Å². The van der Waals surface area contributed by atoms with Crippen molar-refractivity contribution in [1.29, 1.82) is 0 Å². The summed E-state index contributed by atoms with van der Waals surface area (Å²) in [5.74, 6) is 0. The molecule has 0 unspecified atom stereocenters. The fourth-order valence-electron chi connectivity index (χ4n) is 1.37. The lowest BCUT2D eigenvalue weighted by atomic mass is 10.2. The van der Waals surface area contributed by atoms with Gasteiger partial charge < -0.3 is 20.7 Å². The highest BCUT2D eigenvalue weighted by Crippen LogP contribution is 2.16. The van der Waals surface area contributed by atoms with E-state index in [2.05, 4.69) is 10.2 Å². The van der Waals surface area contributed by atoms with Crippen LogP contribution in [0.4, 0.5) is 11.4 Å². The Balaban J connectivity index is 2.16. The molecule has 17 heavy (non-hydrogen) atoms. The Morgan fingerprint density at radius 2 is 2.06 bits per heavy atom. The third-order valence-corrected chi connectivity index (χ3v) is 2.54. The summed E-state index contributed by atoms with van der Waals surface area (Å²) in [5, 5.41) is 3.28. The van der Waals surface area contributed by atoms with Gasteiger partial charge in [-0.15, -0.1) is 0 Å². The van der Waals surface area contributed by atoms with Gasteiger partial charge in [-0.2, -0.15) is 0 Å². The van der Waals surface area contributed by atoms with Crippen LogP contribution in [0.5, 0.6) is 0 Å². The molecule has 0 aromatic heterocycles. The van der Waals surface area contributed by atoms with Gasteiger partial charge in [-0.05, 0) is 38.7 Å². The van der Waals surface area contributed by atoms with E-state index in [1.165, 1.54) is 0 Å². The Labute approximate surface area is 104 Å². The highest BCUT2D eigenvalue weighted by atomic mass is 16.5. The molecular formula is C13H23N3O. The third kappa shape index (κ3) is 5.56. The summed E-state index contributed by atoms with van der Waals surface area (Å²) >= 11 is 0. The highest BCUT2D eigenvalue weighted by molar-refractivity contribution is 5.58. The number of nitrogens with one attached hydrogen (secondary N) is 1. The van der Waals surface area contributed by atoms with E-state index in [0.29, 0.717) is 6.61 Å². The van der Waals surface area contributed by atoms with Crippen molar-refractivity contribution in [2.45, 2.75) is 6.92 Å². The van der Waals surface area contributed by atoms with Crippen LogP contribution in [0.25, 0.3) is 0 Å². The second-order valence-corrected chi connectivity index (χ2v) is 4.41. The minimum atomic E-state index is 0.710. The van der Waals surface area contributed by atoms with Gasteiger partial charge in [-0.25, -0.2) is 0 Å². The summed E-state index contributed by atoms with van der Waals surface area (Å²) in [6, 6.07) is 6.01. The van der Waals surface area contributed by atoms with Crippen LogP contribution in [0.3, 0.4) is 0 Å². The van der Waals surface area contributed by atoms with Crippen LogP contribution in [-0.2, 0) is 4.74 Å². The van der Waals surface area contributed by atoms with E-state index in [1.807, 2.05) is 39.2 Å². The van der Waals surface area contributed by atoms with Crippen LogP contribution in [0.15, 0.2) is 18.2 Å². The number of ether oxygens (including phenoxy) is 1. The molecule has 4 nitrogen and oxygen atoms in total. The van der Waals surface area contributed by atoms with Gasteiger partial charge in [0.25, 0.3) is 0 Å².